The highest BCUT2D eigenvalue weighted by Crippen LogP contribution is 2.38. The van der Waals surface area contributed by atoms with Gasteiger partial charge in [-0.25, -0.2) is 8.42 Å². The summed E-state index contributed by atoms with van der Waals surface area (Å²) in [5.74, 6) is 1.23. The lowest BCUT2D eigenvalue weighted by atomic mass is 10.1. The van der Waals surface area contributed by atoms with Crippen LogP contribution in [0.15, 0.2) is 41.3 Å². The molecule has 1 aliphatic carbocycles. The first-order chi connectivity index (χ1) is 13.5. The SMILES string of the molecule is O=C(C1CC1)N1CCc2ccc(NS(=O)(=O)c3ccc4c(c3)OCCO4)cc21. The fourth-order valence-electron chi connectivity index (χ4n) is 3.63. The van der Waals surface area contributed by atoms with E-state index in [2.05, 4.69) is 4.72 Å². The molecule has 1 amide bonds. The molecule has 1 N–H and O–H groups in total. The van der Waals surface area contributed by atoms with Crippen LogP contribution < -0.4 is 19.1 Å². The second-order valence-corrected chi connectivity index (χ2v) is 8.95. The predicted octanol–water partition coefficient (Wildman–Crippen LogP) is 2.56. The first kappa shape index (κ1) is 17.4. The summed E-state index contributed by atoms with van der Waals surface area (Å²) in [5.41, 5.74) is 2.31. The Hall–Kier alpha value is -2.74. The van der Waals surface area contributed by atoms with Gasteiger partial charge in [0.1, 0.15) is 13.2 Å². The van der Waals surface area contributed by atoms with Crippen molar-refractivity contribution in [3.05, 3.63) is 42.0 Å². The standard InChI is InChI=1S/C20H20N2O5S/c23-20(14-1-2-14)22-8-7-13-3-4-15(11-17(13)22)21-28(24,25)16-5-6-18-19(12-16)27-10-9-26-18/h3-6,11-12,14,21H,1-2,7-10H2. The van der Waals surface area contributed by atoms with Crippen molar-refractivity contribution >= 4 is 27.3 Å². The number of benzene rings is 2. The fourth-order valence-corrected chi connectivity index (χ4v) is 4.69. The van der Waals surface area contributed by atoms with E-state index in [1.807, 2.05) is 6.07 Å². The van der Waals surface area contributed by atoms with Crippen LogP contribution >= 0.6 is 0 Å². The zero-order valence-electron chi connectivity index (χ0n) is 15.2. The van der Waals surface area contributed by atoms with Crippen LogP contribution in [0.25, 0.3) is 0 Å². The maximum absolute atomic E-state index is 12.8. The lowest BCUT2D eigenvalue weighted by molar-refractivity contribution is -0.119. The molecule has 5 rings (SSSR count). The second kappa shape index (κ2) is 6.41. The molecule has 1 saturated carbocycles. The summed E-state index contributed by atoms with van der Waals surface area (Å²) < 4.78 is 39.2. The summed E-state index contributed by atoms with van der Waals surface area (Å²) in [6.45, 7) is 1.49. The minimum Gasteiger partial charge on any atom is -0.486 e. The zero-order valence-corrected chi connectivity index (χ0v) is 16.0. The lowest BCUT2D eigenvalue weighted by Crippen LogP contribution is -2.30. The molecule has 8 heteroatoms. The number of amides is 1. The molecule has 0 unspecified atom stereocenters. The molecule has 0 spiro atoms. The van der Waals surface area contributed by atoms with E-state index in [1.165, 1.54) is 12.1 Å². The number of nitrogens with zero attached hydrogens (tertiary/aromatic N) is 1. The maximum atomic E-state index is 12.8. The Balaban J connectivity index is 1.41. The van der Waals surface area contributed by atoms with E-state index in [9.17, 15) is 13.2 Å². The van der Waals surface area contributed by atoms with Gasteiger partial charge < -0.3 is 14.4 Å². The van der Waals surface area contributed by atoms with Crippen molar-refractivity contribution in [1.29, 1.82) is 0 Å². The van der Waals surface area contributed by atoms with Crippen LogP contribution in [0.3, 0.4) is 0 Å². The highest BCUT2D eigenvalue weighted by atomic mass is 32.2. The van der Waals surface area contributed by atoms with E-state index in [0.29, 0.717) is 36.9 Å². The van der Waals surface area contributed by atoms with Crippen molar-refractivity contribution in [2.45, 2.75) is 24.2 Å². The largest absolute Gasteiger partial charge is 0.486 e. The number of carbonyl (C=O) groups excluding carboxylic acids is 1. The van der Waals surface area contributed by atoms with Gasteiger partial charge in [0.2, 0.25) is 5.91 Å². The molecule has 0 atom stereocenters. The van der Waals surface area contributed by atoms with E-state index >= 15 is 0 Å². The van der Waals surface area contributed by atoms with Crippen molar-refractivity contribution in [1.82, 2.24) is 0 Å². The average molecular weight is 400 g/mol. The maximum Gasteiger partial charge on any atom is 0.262 e. The first-order valence-electron chi connectivity index (χ1n) is 9.38. The third-order valence-corrected chi connectivity index (χ3v) is 6.63. The molecule has 0 radical (unpaired) electrons. The highest BCUT2D eigenvalue weighted by molar-refractivity contribution is 7.92. The Bertz CT molecular complexity index is 1060. The van der Waals surface area contributed by atoms with Gasteiger partial charge in [-0.2, -0.15) is 0 Å². The number of hydrogen-bond acceptors (Lipinski definition) is 5. The van der Waals surface area contributed by atoms with Gasteiger partial charge in [-0.1, -0.05) is 6.07 Å². The molecule has 0 saturated heterocycles. The van der Waals surface area contributed by atoms with Gasteiger partial charge >= 0.3 is 0 Å². The molecule has 2 aromatic rings. The molecular formula is C20H20N2O5S. The highest BCUT2D eigenvalue weighted by Gasteiger charge is 2.36. The lowest BCUT2D eigenvalue weighted by Gasteiger charge is -2.19. The van der Waals surface area contributed by atoms with E-state index < -0.39 is 10.0 Å². The number of carbonyl (C=O) groups is 1. The van der Waals surface area contributed by atoms with E-state index in [4.69, 9.17) is 9.47 Å². The first-order valence-corrected chi connectivity index (χ1v) is 10.9. The predicted molar refractivity (Wildman–Crippen MR) is 103 cm³/mol. The topological polar surface area (TPSA) is 84.9 Å². The summed E-state index contributed by atoms with van der Waals surface area (Å²) in [6.07, 6.45) is 2.69. The summed E-state index contributed by atoms with van der Waals surface area (Å²) in [6, 6.07) is 9.93. The second-order valence-electron chi connectivity index (χ2n) is 7.27. The Morgan fingerprint density at radius 3 is 2.61 bits per heavy atom. The van der Waals surface area contributed by atoms with Crippen LogP contribution in [0, 0.1) is 5.92 Å². The summed E-state index contributed by atoms with van der Waals surface area (Å²) in [7, 11) is -3.79. The Labute approximate surface area is 163 Å². The number of rotatable bonds is 4. The molecular weight excluding hydrogens is 380 g/mol. The normalized spacial score (nSPS) is 17.9. The van der Waals surface area contributed by atoms with Crippen molar-refractivity contribution in [2.24, 2.45) is 5.92 Å². The number of hydrogen-bond donors (Lipinski definition) is 1. The van der Waals surface area contributed by atoms with Crippen molar-refractivity contribution in [3.63, 3.8) is 0 Å². The molecule has 7 nitrogen and oxygen atoms in total. The molecule has 3 aliphatic rings. The Morgan fingerprint density at radius 1 is 1.04 bits per heavy atom. The van der Waals surface area contributed by atoms with E-state index in [1.54, 1.807) is 23.1 Å². The Kier molecular flexibility index (Phi) is 3.97. The van der Waals surface area contributed by atoms with Crippen molar-refractivity contribution in [3.8, 4) is 11.5 Å². The van der Waals surface area contributed by atoms with Gasteiger partial charge in [0.05, 0.1) is 10.6 Å². The van der Waals surface area contributed by atoms with Crippen LogP contribution in [-0.2, 0) is 21.2 Å². The number of sulfonamides is 1. The van der Waals surface area contributed by atoms with Gasteiger partial charge in [0, 0.05) is 24.2 Å². The van der Waals surface area contributed by atoms with Gasteiger partial charge in [0.25, 0.3) is 10.0 Å². The van der Waals surface area contributed by atoms with Gasteiger partial charge in [-0.05, 0) is 49.1 Å². The minimum absolute atomic E-state index is 0.100. The molecule has 1 fully saturated rings. The molecule has 2 heterocycles. The summed E-state index contributed by atoms with van der Waals surface area (Å²) >= 11 is 0. The molecule has 146 valence electrons. The molecule has 2 aliphatic heterocycles. The minimum atomic E-state index is -3.79. The molecule has 0 bridgehead atoms. The fraction of sp³-hybridized carbons (Fsp3) is 0.350. The smallest absolute Gasteiger partial charge is 0.262 e. The Morgan fingerprint density at radius 2 is 1.82 bits per heavy atom. The van der Waals surface area contributed by atoms with Crippen LogP contribution in [0.1, 0.15) is 18.4 Å². The van der Waals surface area contributed by atoms with Crippen molar-refractivity contribution < 1.29 is 22.7 Å². The van der Waals surface area contributed by atoms with Gasteiger partial charge in [-0.3, -0.25) is 9.52 Å². The van der Waals surface area contributed by atoms with Gasteiger partial charge in [0.15, 0.2) is 11.5 Å². The van der Waals surface area contributed by atoms with Crippen molar-refractivity contribution in [2.75, 3.05) is 29.4 Å². The van der Waals surface area contributed by atoms with Crippen LogP contribution in [-0.4, -0.2) is 34.1 Å². The summed E-state index contributed by atoms with van der Waals surface area (Å²) in [5, 5.41) is 0. The van der Waals surface area contributed by atoms with Crippen LogP contribution in [0.4, 0.5) is 11.4 Å². The van der Waals surface area contributed by atoms with Crippen LogP contribution in [0.5, 0.6) is 11.5 Å². The third-order valence-electron chi connectivity index (χ3n) is 5.25. The molecule has 0 aromatic heterocycles. The van der Waals surface area contributed by atoms with Gasteiger partial charge in [-0.15, -0.1) is 0 Å². The number of fused-ring (bicyclic) bond motifs is 2. The number of nitrogens with one attached hydrogen (secondary N) is 1. The summed E-state index contributed by atoms with van der Waals surface area (Å²) in [4.78, 5) is 14.4. The average Bonchev–Trinajstić information content (AvgIpc) is 3.46. The number of ether oxygens (including phenoxy) is 2. The molecule has 2 aromatic carbocycles. The number of anilines is 2. The monoisotopic (exact) mass is 400 g/mol. The van der Waals surface area contributed by atoms with E-state index in [-0.39, 0.29) is 16.7 Å². The van der Waals surface area contributed by atoms with Crippen LogP contribution in [0.2, 0.25) is 0 Å². The zero-order chi connectivity index (χ0) is 19.3. The van der Waals surface area contributed by atoms with E-state index in [0.717, 1.165) is 30.5 Å². The third kappa shape index (κ3) is 3.07. The molecule has 28 heavy (non-hydrogen) atoms. The quantitative estimate of drug-likeness (QED) is 0.853.